The van der Waals surface area contributed by atoms with Crippen molar-refractivity contribution < 1.29 is 9.59 Å². The van der Waals surface area contributed by atoms with Gasteiger partial charge in [-0.3, -0.25) is 9.59 Å². The molecule has 4 rings (SSSR count). The number of rotatable bonds is 7. The summed E-state index contributed by atoms with van der Waals surface area (Å²) in [5, 5.41) is 3.26. The summed E-state index contributed by atoms with van der Waals surface area (Å²) in [5.74, 6) is -0.676. The molecule has 1 heterocycles. The molecule has 1 aliphatic heterocycles. The number of imide groups is 1. The fourth-order valence-electron chi connectivity index (χ4n) is 4.23. The normalized spacial score (nSPS) is 13.6. The maximum atomic E-state index is 13.7. The molecule has 1 aliphatic rings. The van der Waals surface area contributed by atoms with E-state index in [4.69, 9.17) is 0 Å². The highest BCUT2D eigenvalue weighted by Crippen LogP contribution is 2.34. The Balaban J connectivity index is 1.75. The van der Waals surface area contributed by atoms with E-state index >= 15 is 0 Å². The second-order valence-electron chi connectivity index (χ2n) is 8.67. The van der Waals surface area contributed by atoms with Gasteiger partial charge >= 0.3 is 0 Å². The molecule has 0 radical (unpaired) electrons. The summed E-state index contributed by atoms with van der Waals surface area (Å²) in [7, 11) is 0. The van der Waals surface area contributed by atoms with Crippen molar-refractivity contribution in [3.8, 4) is 0 Å². The van der Waals surface area contributed by atoms with E-state index in [9.17, 15) is 9.59 Å². The van der Waals surface area contributed by atoms with Gasteiger partial charge in [0, 0.05) is 24.5 Å². The predicted molar refractivity (Wildman–Crippen MR) is 140 cm³/mol. The van der Waals surface area contributed by atoms with Gasteiger partial charge < -0.3 is 10.2 Å². The van der Waals surface area contributed by atoms with Crippen molar-refractivity contribution >= 4 is 34.4 Å². The Bertz CT molecular complexity index is 1250. The quantitative estimate of drug-likeness (QED) is 0.456. The van der Waals surface area contributed by atoms with E-state index in [0.717, 1.165) is 41.2 Å². The Labute approximate surface area is 201 Å². The van der Waals surface area contributed by atoms with Gasteiger partial charge in [0.05, 0.1) is 11.3 Å². The van der Waals surface area contributed by atoms with Gasteiger partial charge in [-0.2, -0.15) is 0 Å². The monoisotopic (exact) mass is 453 g/mol. The highest BCUT2D eigenvalue weighted by atomic mass is 16.2. The minimum atomic E-state index is -0.352. The Morgan fingerprint density at radius 1 is 0.765 bits per heavy atom. The van der Waals surface area contributed by atoms with Crippen LogP contribution in [0.25, 0.3) is 5.57 Å². The van der Waals surface area contributed by atoms with Crippen molar-refractivity contribution in [1.29, 1.82) is 0 Å². The van der Waals surface area contributed by atoms with E-state index in [2.05, 4.69) is 24.1 Å². The number of nitrogens with one attached hydrogen (secondary N) is 1. The molecule has 0 fully saturated rings. The Morgan fingerprint density at radius 3 is 2.00 bits per heavy atom. The fourth-order valence-corrected chi connectivity index (χ4v) is 4.23. The number of anilines is 3. The van der Waals surface area contributed by atoms with E-state index < -0.39 is 0 Å². The summed E-state index contributed by atoms with van der Waals surface area (Å²) >= 11 is 0. The lowest BCUT2D eigenvalue weighted by Crippen LogP contribution is -2.32. The third-order valence-electron chi connectivity index (χ3n) is 6.44. The average Bonchev–Trinajstić information content (AvgIpc) is 3.07. The standard InChI is InChI=1S/C29H31N3O2/c1-6-31(7-2)24-14-16-25(17-15-24)32-28(33)26(22-11-8-19(3)9-12-22)27(29(32)34)30-23-13-10-20(4)21(5)18-23/h8-18,30H,6-7H2,1-5H3. The molecule has 2 amide bonds. The minimum absolute atomic E-state index is 0.296. The van der Waals surface area contributed by atoms with E-state index in [1.807, 2.05) is 87.5 Å². The first-order valence-corrected chi connectivity index (χ1v) is 11.7. The van der Waals surface area contributed by atoms with Crippen LogP contribution in [-0.4, -0.2) is 24.9 Å². The van der Waals surface area contributed by atoms with Crippen molar-refractivity contribution in [3.63, 3.8) is 0 Å². The van der Waals surface area contributed by atoms with Crippen LogP contribution < -0.4 is 15.1 Å². The van der Waals surface area contributed by atoms with Crippen LogP contribution in [0.4, 0.5) is 17.1 Å². The van der Waals surface area contributed by atoms with Crippen molar-refractivity contribution in [2.24, 2.45) is 0 Å². The van der Waals surface area contributed by atoms with Crippen LogP contribution in [0, 0.1) is 20.8 Å². The molecule has 5 nitrogen and oxygen atoms in total. The third-order valence-corrected chi connectivity index (χ3v) is 6.44. The average molecular weight is 454 g/mol. The molecule has 0 unspecified atom stereocenters. The number of nitrogens with zero attached hydrogens (tertiary/aromatic N) is 2. The first-order chi connectivity index (χ1) is 16.3. The zero-order valence-corrected chi connectivity index (χ0v) is 20.5. The molecule has 3 aromatic carbocycles. The smallest absolute Gasteiger partial charge is 0.282 e. The third kappa shape index (κ3) is 4.34. The number of aryl methyl sites for hydroxylation is 3. The van der Waals surface area contributed by atoms with Crippen molar-refractivity contribution in [2.45, 2.75) is 34.6 Å². The summed E-state index contributed by atoms with van der Waals surface area (Å²) < 4.78 is 0. The highest BCUT2D eigenvalue weighted by Gasteiger charge is 2.40. The number of hydrogen-bond acceptors (Lipinski definition) is 4. The summed E-state index contributed by atoms with van der Waals surface area (Å²) in [5.41, 5.74) is 7.18. The molecule has 0 atom stereocenters. The maximum absolute atomic E-state index is 13.7. The Kier molecular flexibility index (Phi) is 6.55. The zero-order valence-electron chi connectivity index (χ0n) is 20.5. The number of carbonyl (C=O) groups excluding carboxylic acids is 2. The second-order valence-corrected chi connectivity index (χ2v) is 8.67. The molecular formula is C29H31N3O2. The van der Waals surface area contributed by atoms with Crippen LogP contribution in [0.15, 0.2) is 72.4 Å². The molecule has 5 heteroatoms. The van der Waals surface area contributed by atoms with Gasteiger partial charge in [-0.15, -0.1) is 0 Å². The van der Waals surface area contributed by atoms with Crippen LogP contribution in [0.3, 0.4) is 0 Å². The lowest BCUT2D eigenvalue weighted by atomic mass is 10.0. The molecule has 0 aromatic heterocycles. The first kappa shape index (κ1) is 23.3. The molecule has 0 bridgehead atoms. The molecule has 1 N–H and O–H groups in total. The van der Waals surface area contributed by atoms with Gasteiger partial charge in [0.25, 0.3) is 11.8 Å². The topological polar surface area (TPSA) is 52.6 Å². The van der Waals surface area contributed by atoms with Crippen LogP contribution in [0.2, 0.25) is 0 Å². The summed E-state index contributed by atoms with van der Waals surface area (Å²) in [4.78, 5) is 30.8. The van der Waals surface area contributed by atoms with Gasteiger partial charge in [-0.05, 0) is 87.7 Å². The van der Waals surface area contributed by atoms with E-state index in [1.54, 1.807) is 0 Å². The molecule has 0 saturated heterocycles. The second kappa shape index (κ2) is 9.56. The number of benzene rings is 3. The summed E-state index contributed by atoms with van der Waals surface area (Å²) in [6, 6.07) is 21.2. The number of amides is 2. The van der Waals surface area contributed by atoms with Gasteiger partial charge in [0.15, 0.2) is 0 Å². The minimum Gasteiger partial charge on any atom is -0.372 e. The van der Waals surface area contributed by atoms with Crippen LogP contribution >= 0.6 is 0 Å². The summed E-state index contributed by atoms with van der Waals surface area (Å²) in [6.07, 6.45) is 0. The first-order valence-electron chi connectivity index (χ1n) is 11.7. The van der Waals surface area contributed by atoms with Gasteiger partial charge in [-0.1, -0.05) is 35.9 Å². The molecule has 0 aliphatic carbocycles. The number of carbonyl (C=O) groups is 2. The molecular weight excluding hydrogens is 422 g/mol. The Hall–Kier alpha value is -3.86. The SMILES string of the molecule is CCN(CC)c1ccc(N2C(=O)C(Nc3ccc(C)c(C)c3)=C(c3ccc(C)cc3)C2=O)cc1. The van der Waals surface area contributed by atoms with Crippen molar-refractivity contribution in [1.82, 2.24) is 0 Å². The van der Waals surface area contributed by atoms with Crippen LogP contribution in [0.5, 0.6) is 0 Å². The lowest BCUT2D eigenvalue weighted by molar-refractivity contribution is -0.120. The van der Waals surface area contributed by atoms with Gasteiger partial charge in [0.1, 0.15) is 5.70 Å². The van der Waals surface area contributed by atoms with Gasteiger partial charge in [0.2, 0.25) is 0 Å². The molecule has 3 aromatic rings. The highest BCUT2D eigenvalue weighted by molar-refractivity contribution is 6.46. The predicted octanol–water partition coefficient (Wildman–Crippen LogP) is 5.85. The summed E-state index contributed by atoms with van der Waals surface area (Å²) in [6.45, 7) is 12.1. The molecule has 34 heavy (non-hydrogen) atoms. The maximum Gasteiger partial charge on any atom is 0.282 e. The van der Waals surface area contributed by atoms with Crippen molar-refractivity contribution in [3.05, 3.63) is 94.7 Å². The molecule has 174 valence electrons. The molecule has 0 saturated carbocycles. The van der Waals surface area contributed by atoms with E-state index in [1.165, 1.54) is 10.5 Å². The van der Waals surface area contributed by atoms with E-state index in [0.29, 0.717) is 17.0 Å². The molecule has 0 spiro atoms. The Morgan fingerprint density at radius 2 is 1.41 bits per heavy atom. The van der Waals surface area contributed by atoms with Crippen LogP contribution in [0.1, 0.15) is 36.1 Å². The fraction of sp³-hybridized carbons (Fsp3) is 0.241. The zero-order chi connectivity index (χ0) is 24.4. The lowest BCUT2D eigenvalue weighted by Gasteiger charge is -2.22. The number of hydrogen-bond donors (Lipinski definition) is 1. The van der Waals surface area contributed by atoms with Crippen LogP contribution in [-0.2, 0) is 9.59 Å². The van der Waals surface area contributed by atoms with Gasteiger partial charge in [-0.25, -0.2) is 4.90 Å². The largest absolute Gasteiger partial charge is 0.372 e. The van der Waals surface area contributed by atoms with Crippen molar-refractivity contribution in [2.75, 3.05) is 28.2 Å². The van der Waals surface area contributed by atoms with E-state index in [-0.39, 0.29) is 11.8 Å².